The van der Waals surface area contributed by atoms with Gasteiger partial charge < -0.3 is 5.32 Å². The normalized spacial score (nSPS) is 14.3. The van der Waals surface area contributed by atoms with E-state index >= 15 is 0 Å². The van der Waals surface area contributed by atoms with Crippen molar-refractivity contribution in [2.45, 2.75) is 40.2 Å². The minimum absolute atomic E-state index is 0.231. The summed E-state index contributed by atoms with van der Waals surface area (Å²) in [5, 5.41) is 3.39. The summed E-state index contributed by atoms with van der Waals surface area (Å²) < 4.78 is 0. The highest BCUT2D eigenvalue weighted by Crippen LogP contribution is 2.14. The van der Waals surface area contributed by atoms with Crippen molar-refractivity contribution in [3.63, 3.8) is 0 Å². The Morgan fingerprint density at radius 2 is 2.00 bits per heavy atom. The molecule has 1 unspecified atom stereocenters. The van der Waals surface area contributed by atoms with Gasteiger partial charge in [0, 0.05) is 18.6 Å². The molecule has 0 fully saturated rings. The average Bonchev–Trinajstić information content (AvgIpc) is 2.12. The van der Waals surface area contributed by atoms with Crippen molar-refractivity contribution >= 4 is 0 Å². The summed E-state index contributed by atoms with van der Waals surface area (Å²) in [7, 11) is 0. The second-order valence-electron chi connectivity index (χ2n) is 5.28. The van der Waals surface area contributed by atoms with Gasteiger partial charge in [-0.3, -0.25) is 4.90 Å². The Morgan fingerprint density at radius 3 is 2.40 bits per heavy atom. The van der Waals surface area contributed by atoms with E-state index in [1.807, 2.05) is 6.08 Å². The van der Waals surface area contributed by atoms with E-state index in [4.69, 9.17) is 0 Å². The molecule has 0 saturated heterocycles. The van der Waals surface area contributed by atoms with Crippen LogP contribution in [0.1, 0.15) is 34.6 Å². The second kappa shape index (κ2) is 7.02. The van der Waals surface area contributed by atoms with Gasteiger partial charge in [-0.15, -0.1) is 6.58 Å². The predicted octanol–water partition coefficient (Wildman–Crippen LogP) is 2.52. The van der Waals surface area contributed by atoms with Crippen molar-refractivity contribution in [3.8, 4) is 0 Å². The first-order valence-electron chi connectivity index (χ1n) is 5.98. The lowest BCUT2D eigenvalue weighted by Gasteiger charge is -2.36. The van der Waals surface area contributed by atoms with Gasteiger partial charge in [0.15, 0.2) is 0 Å². The summed E-state index contributed by atoms with van der Waals surface area (Å²) >= 11 is 0. The maximum Gasteiger partial charge on any atom is 0.0165 e. The highest BCUT2D eigenvalue weighted by atomic mass is 15.2. The molecule has 0 saturated carbocycles. The van der Waals surface area contributed by atoms with Crippen molar-refractivity contribution in [2.24, 2.45) is 5.92 Å². The molecule has 0 heterocycles. The summed E-state index contributed by atoms with van der Waals surface area (Å²) in [5.41, 5.74) is 0.231. The molecule has 2 nitrogen and oxygen atoms in total. The van der Waals surface area contributed by atoms with E-state index in [-0.39, 0.29) is 5.54 Å². The van der Waals surface area contributed by atoms with Crippen LogP contribution >= 0.6 is 0 Å². The number of nitrogens with zero attached hydrogens (tertiary/aromatic N) is 1. The van der Waals surface area contributed by atoms with E-state index in [1.54, 1.807) is 0 Å². The summed E-state index contributed by atoms with van der Waals surface area (Å²) in [4.78, 5) is 2.47. The van der Waals surface area contributed by atoms with Gasteiger partial charge in [0.25, 0.3) is 0 Å². The molecule has 0 amide bonds. The van der Waals surface area contributed by atoms with E-state index in [1.165, 1.54) is 0 Å². The highest BCUT2D eigenvalue weighted by Gasteiger charge is 2.21. The summed E-state index contributed by atoms with van der Waals surface area (Å²) in [6.07, 6.45) is 1.99. The topological polar surface area (TPSA) is 15.3 Å². The maximum atomic E-state index is 3.83. The van der Waals surface area contributed by atoms with E-state index < -0.39 is 0 Å². The quantitative estimate of drug-likeness (QED) is 0.652. The second-order valence-corrected chi connectivity index (χ2v) is 5.28. The molecule has 0 rings (SSSR count). The molecule has 15 heavy (non-hydrogen) atoms. The van der Waals surface area contributed by atoms with Crippen molar-refractivity contribution in [1.29, 1.82) is 0 Å². The van der Waals surface area contributed by atoms with Gasteiger partial charge in [0.05, 0.1) is 0 Å². The summed E-state index contributed by atoms with van der Waals surface area (Å²) in [6, 6.07) is 0. The molecule has 0 aliphatic rings. The Bertz CT molecular complexity index is 170. The van der Waals surface area contributed by atoms with Gasteiger partial charge >= 0.3 is 0 Å². The third-order valence-corrected chi connectivity index (χ3v) is 2.57. The molecular formula is C13H28N2. The number of hydrogen-bond acceptors (Lipinski definition) is 2. The van der Waals surface area contributed by atoms with Gasteiger partial charge in [-0.25, -0.2) is 0 Å². The number of nitrogens with one attached hydrogen (secondary N) is 1. The van der Waals surface area contributed by atoms with Gasteiger partial charge in [0.2, 0.25) is 0 Å². The molecular weight excluding hydrogens is 184 g/mol. The third kappa shape index (κ3) is 6.69. The Hall–Kier alpha value is -0.340. The first-order chi connectivity index (χ1) is 6.91. The van der Waals surface area contributed by atoms with Crippen LogP contribution in [-0.4, -0.2) is 36.6 Å². The molecule has 0 bridgehead atoms. The predicted molar refractivity (Wildman–Crippen MR) is 69.2 cm³/mol. The molecule has 90 valence electrons. The third-order valence-electron chi connectivity index (χ3n) is 2.57. The van der Waals surface area contributed by atoms with E-state index in [0.29, 0.717) is 5.92 Å². The largest absolute Gasteiger partial charge is 0.317 e. The summed E-state index contributed by atoms with van der Waals surface area (Å²) in [5.74, 6) is 0.684. The Labute approximate surface area is 95.7 Å². The Kier molecular flexibility index (Phi) is 6.86. The minimum Gasteiger partial charge on any atom is -0.317 e. The zero-order chi connectivity index (χ0) is 11.9. The zero-order valence-corrected chi connectivity index (χ0v) is 11.1. The molecule has 0 aliphatic carbocycles. The lowest BCUT2D eigenvalue weighted by Crippen LogP contribution is -2.45. The minimum atomic E-state index is 0.231. The molecule has 2 heteroatoms. The number of rotatable bonds is 7. The fourth-order valence-electron chi connectivity index (χ4n) is 1.61. The maximum absolute atomic E-state index is 3.83. The van der Waals surface area contributed by atoms with Crippen molar-refractivity contribution in [3.05, 3.63) is 12.7 Å². The molecule has 0 aromatic carbocycles. The van der Waals surface area contributed by atoms with Crippen molar-refractivity contribution < 1.29 is 0 Å². The molecule has 0 aliphatic heterocycles. The Balaban J connectivity index is 4.10. The summed E-state index contributed by atoms with van der Waals surface area (Å²) in [6.45, 7) is 19.3. The van der Waals surface area contributed by atoms with Crippen molar-refractivity contribution in [1.82, 2.24) is 10.2 Å². The van der Waals surface area contributed by atoms with Gasteiger partial charge in [-0.05, 0) is 39.8 Å². The highest BCUT2D eigenvalue weighted by molar-refractivity contribution is 4.84. The SMILES string of the molecule is C=CCN(CC(C)CNCC)C(C)(C)C. The monoisotopic (exact) mass is 212 g/mol. The van der Waals surface area contributed by atoms with Crippen LogP contribution in [0.15, 0.2) is 12.7 Å². The molecule has 1 atom stereocenters. The van der Waals surface area contributed by atoms with Crippen LogP contribution in [0, 0.1) is 5.92 Å². The molecule has 1 N–H and O–H groups in total. The van der Waals surface area contributed by atoms with Gasteiger partial charge in [-0.2, -0.15) is 0 Å². The van der Waals surface area contributed by atoms with Crippen LogP contribution in [0.4, 0.5) is 0 Å². The first-order valence-corrected chi connectivity index (χ1v) is 5.98. The van der Waals surface area contributed by atoms with Gasteiger partial charge in [0.1, 0.15) is 0 Å². The lowest BCUT2D eigenvalue weighted by atomic mass is 10.0. The lowest BCUT2D eigenvalue weighted by molar-refractivity contribution is 0.132. The molecule has 0 aromatic rings. The van der Waals surface area contributed by atoms with Gasteiger partial charge in [-0.1, -0.05) is 19.9 Å². The number of hydrogen-bond donors (Lipinski definition) is 1. The van der Waals surface area contributed by atoms with E-state index in [0.717, 1.165) is 26.2 Å². The van der Waals surface area contributed by atoms with Crippen LogP contribution in [-0.2, 0) is 0 Å². The van der Waals surface area contributed by atoms with Crippen LogP contribution in [0.25, 0.3) is 0 Å². The zero-order valence-electron chi connectivity index (χ0n) is 11.1. The standard InChI is InChI=1S/C13H28N2/c1-7-9-15(13(4,5)6)11-12(3)10-14-8-2/h7,12,14H,1,8-11H2,2-6H3. The van der Waals surface area contributed by atoms with Crippen LogP contribution in [0.2, 0.25) is 0 Å². The average molecular weight is 212 g/mol. The molecule has 0 aromatic heterocycles. The fraction of sp³-hybridized carbons (Fsp3) is 0.846. The van der Waals surface area contributed by atoms with Crippen LogP contribution in [0.5, 0.6) is 0 Å². The van der Waals surface area contributed by atoms with Crippen LogP contribution < -0.4 is 5.32 Å². The fourth-order valence-corrected chi connectivity index (χ4v) is 1.61. The molecule has 0 spiro atoms. The van der Waals surface area contributed by atoms with E-state index in [2.05, 4.69) is 51.4 Å². The Morgan fingerprint density at radius 1 is 1.40 bits per heavy atom. The smallest absolute Gasteiger partial charge is 0.0165 e. The van der Waals surface area contributed by atoms with E-state index in [9.17, 15) is 0 Å². The molecule has 0 radical (unpaired) electrons. The first kappa shape index (κ1) is 14.7. The van der Waals surface area contributed by atoms with Crippen molar-refractivity contribution in [2.75, 3.05) is 26.2 Å². The van der Waals surface area contributed by atoms with Crippen LogP contribution in [0.3, 0.4) is 0 Å².